The lowest BCUT2D eigenvalue weighted by atomic mass is 9.82. The minimum Gasteiger partial charge on any atom is -0.310 e. The average Bonchev–Trinajstić information content (AvgIpc) is 4.03. The molecule has 0 unspecified atom stereocenters. The van der Waals surface area contributed by atoms with Gasteiger partial charge in [0.05, 0.1) is 27.6 Å². The van der Waals surface area contributed by atoms with E-state index in [0.717, 1.165) is 17.1 Å². The lowest BCUT2D eigenvalue weighted by Crippen LogP contribution is -2.16. The van der Waals surface area contributed by atoms with Crippen molar-refractivity contribution < 1.29 is 0 Å². The van der Waals surface area contributed by atoms with Crippen molar-refractivity contribution in [2.45, 2.75) is 19.3 Å². The van der Waals surface area contributed by atoms with Gasteiger partial charge in [0.2, 0.25) is 0 Å². The van der Waals surface area contributed by atoms with Crippen molar-refractivity contribution in [1.29, 1.82) is 0 Å². The molecule has 0 saturated carbocycles. The lowest BCUT2D eigenvalue weighted by molar-refractivity contribution is 0.660. The molecule has 3 heteroatoms. The summed E-state index contributed by atoms with van der Waals surface area (Å²) in [7, 11) is 0. The van der Waals surface area contributed by atoms with Crippen LogP contribution in [0.15, 0.2) is 212 Å². The molecule has 0 spiro atoms. The standard InChI is InChI=1S/C59H41N3/c1-59(2)51-21-12-11-18-46(51)47-34-33-45(37-52(47)59)60(43-29-24-39(25-30-43)38-14-5-3-6-15-38)44-31-26-40(27-32-44)41-28-35-54-50(36-41)56-55-23-13-22-53-48-19-9-10-20-49(48)57(62(53)55)58(56)61(54)42-16-7-4-8-17-42/h3-37H,1-2H3. The maximum Gasteiger partial charge on any atom is 0.0810 e. The molecule has 0 N–H and O–H groups in total. The second-order valence-corrected chi connectivity index (χ2v) is 17.3. The van der Waals surface area contributed by atoms with Crippen LogP contribution in [-0.4, -0.2) is 8.97 Å². The van der Waals surface area contributed by atoms with Crippen LogP contribution in [0.4, 0.5) is 17.1 Å². The topological polar surface area (TPSA) is 12.6 Å². The van der Waals surface area contributed by atoms with E-state index in [-0.39, 0.29) is 5.41 Å². The highest BCUT2D eigenvalue weighted by Crippen LogP contribution is 2.51. The normalized spacial score (nSPS) is 13.1. The van der Waals surface area contributed by atoms with Gasteiger partial charge in [0.15, 0.2) is 0 Å². The number of rotatable bonds is 6. The third kappa shape index (κ3) is 4.94. The molecule has 0 fully saturated rings. The Morgan fingerprint density at radius 3 is 1.71 bits per heavy atom. The van der Waals surface area contributed by atoms with Gasteiger partial charge >= 0.3 is 0 Å². The van der Waals surface area contributed by atoms with Crippen LogP contribution >= 0.6 is 0 Å². The van der Waals surface area contributed by atoms with Gasteiger partial charge in [0.1, 0.15) is 0 Å². The summed E-state index contributed by atoms with van der Waals surface area (Å²) >= 11 is 0. The van der Waals surface area contributed by atoms with Crippen LogP contribution in [0.3, 0.4) is 0 Å². The quantitative estimate of drug-likeness (QED) is 0.163. The molecule has 12 aromatic rings. The first kappa shape index (κ1) is 34.9. The van der Waals surface area contributed by atoms with Crippen LogP contribution in [-0.2, 0) is 5.41 Å². The number of fused-ring (bicyclic) bond motifs is 11. The molecule has 0 saturated heterocycles. The molecule has 0 aliphatic heterocycles. The van der Waals surface area contributed by atoms with Crippen LogP contribution in [0.2, 0.25) is 0 Å². The Hall–Kier alpha value is -7.88. The number of benzene rings is 8. The van der Waals surface area contributed by atoms with Gasteiger partial charge in [0.25, 0.3) is 0 Å². The molecule has 1 aliphatic carbocycles. The third-order valence-electron chi connectivity index (χ3n) is 13.7. The van der Waals surface area contributed by atoms with E-state index in [1.54, 1.807) is 0 Å². The van der Waals surface area contributed by atoms with Gasteiger partial charge in [-0.3, -0.25) is 0 Å². The first-order valence-corrected chi connectivity index (χ1v) is 21.6. The maximum absolute atomic E-state index is 2.48. The summed E-state index contributed by atoms with van der Waals surface area (Å²) in [5, 5.41) is 5.12. The monoisotopic (exact) mass is 791 g/mol. The molecule has 62 heavy (non-hydrogen) atoms. The Balaban J connectivity index is 0.963. The largest absolute Gasteiger partial charge is 0.310 e. The Bertz CT molecular complexity index is 3680. The summed E-state index contributed by atoms with van der Waals surface area (Å²) < 4.78 is 4.96. The van der Waals surface area contributed by atoms with Crippen LogP contribution < -0.4 is 4.90 Å². The maximum atomic E-state index is 2.48. The van der Waals surface area contributed by atoms with Crippen molar-refractivity contribution in [2.75, 3.05) is 4.90 Å². The summed E-state index contributed by atoms with van der Waals surface area (Å²) in [5.74, 6) is 0. The lowest BCUT2D eigenvalue weighted by Gasteiger charge is -2.28. The summed E-state index contributed by atoms with van der Waals surface area (Å²) in [6, 6.07) is 78.2. The Morgan fingerprint density at radius 2 is 0.952 bits per heavy atom. The fourth-order valence-electron chi connectivity index (χ4n) is 10.7. The Labute approximate surface area is 360 Å². The first-order valence-electron chi connectivity index (χ1n) is 21.6. The minimum atomic E-state index is -0.103. The van der Waals surface area contributed by atoms with Crippen molar-refractivity contribution >= 4 is 66.2 Å². The highest BCUT2D eigenvalue weighted by Gasteiger charge is 2.36. The van der Waals surface area contributed by atoms with Crippen molar-refractivity contribution in [2.24, 2.45) is 0 Å². The molecule has 4 heterocycles. The van der Waals surface area contributed by atoms with Gasteiger partial charge in [-0.05, 0) is 117 Å². The fraction of sp³-hybridized carbons (Fsp3) is 0.0508. The van der Waals surface area contributed by atoms with Gasteiger partial charge in [-0.25, -0.2) is 0 Å². The molecular weight excluding hydrogens is 751 g/mol. The third-order valence-corrected chi connectivity index (χ3v) is 13.7. The zero-order chi connectivity index (χ0) is 41.1. The Morgan fingerprint density at radius 1 is 0.371 bits per heavy atom. The fourth-order valence-corrected chi connectivity index (χ4v) is 10.7. The van der Waals surface area contributed by atoms with Crippen LogP contribution in [0.25, 0.3) is 88.2 Å². The zero-order valence-corrected chi connectivity index (χ0v) is 34.5. The molecule has 0 atom stereocenters. The summed E-state index contributed by atoms with van der Waals surface area (Å²) in [6.07, 6.45) is 0. The molecule has 13 rings (SSSR count). The predicted octanol–water partition coefficient (Wildman–Crippen LogP) is 15.9. The first-order chi connectivity index (χ1) is 30.5. The van der Waals surface area contributed by atoms with Gasteiger partial charge in [-0.15, -0.1) is 0 Å². The number of para-hydroxylation sites is 1. The van der Waals surface area contributed by atoms with Crippen LogP contribution in [0, 0.1) is 0 Å². The average molecular weight is 792 g/mol. The van der Waals surface area contributed by atoms with E-state index in [4.69, 9.17) is 0 Å². The molecular formula is C59H41N3. The second kappa shape index (κ2) is 13.1. The number of hydrogen-bond donors (Lipinski definition) is 0. The summed E-state index contributed by atoms with van der Waals surface area (Å²) in [4.78, 5) is 2.41. The van der Waals surface area contributed by atoms with E-state index in [1.165, 1.54) is 99.3 Å². The molecule has 1 aliphatic rings. The van der Waals surface area contributed by atoms with E-state index in [1.807, 2.05) is 0 Å². The van der Waals surface area contributed by atoms with Crippen LogP contribution in [0.5, 0.6) is 0 Å². The van der Waals surface area contributed by atoms with E-state index in [0.29, 0.717) is 0 Å². The molecule has 0 amide bonds. The van der Waals surface area contributed by atoms with E-state index >= 15 is 0 Å². The second-order valence-electron chi connectivity index (χ2n) is 17.3. The van der Waals surface area contributed by atoms with Gasteiger partial charge < -0.3 is 13.9 Å². The number of aromatic nitrogens is 2. The SMILES string of the molecule is CC1(C)c2ccccc2-c2ccc(N(c3ccc(-c4ccccc4)cc3)c3ccc(-c4ccc5c(c4)c4c(c6c7ccccc7c7cccc4n76)n5-c4ccccc4)cc3)cc21. The van der Waals surface area contributed by atoms with Gasteiger partial charge in [-0.1, -0.05) is 153 Å². The number of nitrogens with zero attached hydrogens (tertiary/aromatic N) is 3. The number of hydrogen-bond acceptors (Lipinski definition) is 1. The number of anilines is 3. The van der Waals surface area contributed by atoms with Crippen molar-refractivity contribution in [3.05, 3.63) is 223 Å². The molecule has 4 aromatic heterocycles. The van der Waals surface area contributed by atoms with E-state index < -0.39 is 0 Å². The predicted molar refractivity (Wildman–Crippen MR) is 261 cm³/mol. The zero-order valence-electron chi connectivity index (χ0n) is 34.5. The van der Waals surface area contributed by atoms with Crippen LogP contribution in [0.1, 0.15) is 25.0 Å². The molecule has 0 radical (unpaired) electrons. The molecule has 0 bridgehead atoms. The smallest absolute Gasteiger partial charge is 0.0810 e. The van der Waals surface area contributed by atoms with E-state index in [9.17, 15) is 0 Å². The highest BCUT2D eigenvalue weighted by molar-refractivity contribution is 6.29. The van der Waals surface area contributed by atoms with Crippen molar-refractivity contribution in [1.82, 2.24) is 8.97 Å². The molecule has 3 nitrogen and oxygen atoms in total. The minimum absolute atomic E-state index is 0.103. The summed E-state index contributed by atoms with van der Waals surface area (Å²) in [5.41, 5.74) is 20.9. The summed E-state index contributed by atoms with van der Waals surface area (Å²) in [6.45, 7) is 4.71. The molecule has 292 valence electrons. The van der Waals surface area contributed by atoms with Gasteiger partial charge in [0, 0.05) is 49.7 Å². The molecule has 8 aromatic carbocycles. The van der Waals surface area contributed by atoms with Gasteiger partial charge in [-0.2, -0.15) is 0 Å². The van der Waals surface area contributed by atoms with E-state index in [2.05, 4.69) is 240 Å². The number of pyridine rings is 1. The van der Waals surface area contributed by atoms with Crippen molar-refractivity contribution in [3.63, 3.8) is 0 Å². The van der Waals surface area contributed by atoms with Crippen molar-refractivity contribution in [3.8, 4) is 39.1 Å². The Kier molecular flexibility index (Phi) is 7.36. The highest BCUT2D eigenvalue weighted by atomic mass is 15.1.